The van der Waals surface area contributed by atoms with Gasteiger partial charge in [-0.3, -0.25) is 0 Å². The Morgan fingerprint density at radius 1 is 1.12 bits per heavy atom. The molecule has 0 N–H and O–H groups in total. The highest BCUT2D eigenvalue weighted by molar-refractivity contribution is 8.33. The van der Waals surface area contributed by atoms with Gasteiger partial charge in [0.1, 0.15) is 0 Å². The fraction of sp³-hybridized carbons (Fsp3) is 0.625. The Hall–Kier alpha value is -0.430. The van der Waals surface area contributed by atoms with Crippen LogP contribution in [0.3, 0.4) is 0 Å². The van der Waals surface area contributed by atoms with Crippen molar-refractivity contribution in [1.29, 1.82) is 0 Å². The monoisotopic (exact) mass is 250 g/mol. The van der Waals surface area contributed by atoms with Gasteiger partial charge in [-0.1, -0.05) is 45.0 Å². The zero-order valence-electron chi connectivity index (χ0n) is 12.1. The highest BCUT2D eigenvalue weighted by Crippen LogP contribution is 2.60. The van der Waals surface area contributed by atoms with Gasteiger partial charge in [0, 0.05) is 4.75 Å². The molecule has 0 radical (unpaired) electrons. The van der Waals surface area contributed by atoms with Crippen molar-refractivity contribution in [1.82, 2.24) is 0 Å². The molecule has 0 saturated carbocycles. The Balaban J connectivity index is 2.47. The van der Waals surface area contributed by atoms with Crippen LogP contribution in [-0.2, 0) is 6.42 Å². The fourth-order valence-electron chi connectivity index (χ4n) is 3.24. The van der Waals surface area contributed by atoms with Crippen LogP contribution in [-0.4, -0.2) is 23.5 Å². The predicted octanol–water partition coefficient (Wildman–Crippen LogP) is 4.44. The van der Waals surface area contributed by atoms with E-state index in [4.69, 9.17) is 0 Å². The van der Waals surface area contributed by atoms with Crippen molar-refractivity contribution in [2.24, 2.45) is 5.92 Å². The standard InChI is InChI=1S/C16H26S/c1-12-11-13-9-7-8-10-14(13)15(12)16(2,3)17(4,5)6/h7-10,12,15H,11H2,1-6H3. The fourth-order valence-corrected chi connectivity index (χ4v) is 4.36. The van der Waals surface area contributed by atoms with E-state index in [1.807, 2.05) is 0 Å². The third-order valence-electron chi connectivity index (χ3n) is 4.83. The average molecular weight is 250 g/mol. The van der Waals surface area contributed by atoms with Gasteiger partial charge in [0.15, 0.2) is 0 Å². The molecule has 1 aliphatic carbocycles. The molecule has 96 valence electrons. The molecule has 1 aromatic rings. The summed E-state index contributed by atoms with van der Waals surface area (Å²) in [5.74, 6) is 1.52. The molecule has 0 bridgehead atoms. The molecule has 2 atom stereocenters. The van der Waals surface area contributed by atoms with Crippen LogP contribution >= 0.6 is 10.0 Å². The number of benzene rings is 1. The lowest BCUT2D eigenvalue weighted by atomic mass is 9.83. The van der Waals surface area contributed by atoms with E-state index in [0.29, 0.717) is 4.75 Å². The molecule has 1 aromatic carbocycles. The Bertz CT molecular complexity index is 412. The molecule has 2 unspecified atom stereocenters. The predicted molar refractivity (Wildman–Crippen MR) is 81.5 cm³/mol. The zero-order valence-corrected chi connectivity index (χ0v) is 12.9. The van der Waals surface area contributed by atoms with Gasteiger partial charge in [0.2, 0.25) is 0 Å². The molecule has 0 fully saturated rings. The van der Waals surface area contributed by atoms with E-state index >= 15 is 0 Å². The molecular weight excluding hydrogens is 224 g/mol. The molecule has 0 saturated heterocycles. The van der Waals surface area contributed by atoms with E-state index in [1.54, 1.807) is 11.1 Å². The van der Waals surface area contributed by atoms with Crippen LogP contribution in [0, 0.1) is 5.92 Å². The SMILES string of the molecule is CC1Cc2ccccc2C1C(C)(C)S(C)(C)C. The minimum absolute atomic E-state index is 0.416. The first-order chi connectivity index (χ1) is 7.75. The summed E-state index contributed by atoms with van der Waals surface area (Å²) < 4.78 is 0.416. The quantitative estimate of drug-likeness (QED) is 0.728. The second-order valence-electron chi connectivity index (χ2n) is 6.80. The summed E-state index contributed by atoms with van der Waals surface area (Å²) in [4.78, 5) is 0. The molecule has 1 aliphatic rings. The Morgan fingerprint density at radius 3 is 2.29 bits per heavy atom. The summed E-state index contributed by atoms with van der Waals surface area (Å²) in [7, 11) is -0.561. The molecular formula is C16H26S. The van der Waals surface area contributed by atoms with E-state index in [-0.39, 0.29) is 0 Å². The van der Waals surface area contributed by atoms with Crippen molar-refractivity contribution in [3.63, 3.8) is 0 Å². The summed E-state index contributed by atoms with van der Waals surface area (Å²) in [6, 6.07) is 9.07. The molecule has 0 spiro atoms. The molecule has 1 heteroatoms. The highest BCUT2D eigenvalue weighted by Gasteiger charge is 2.44. The smallest absolute Gasteiger partial charge is 0.00100 e. The molecule has 17 heavy (non-hydrogen) atoms. The maximum absolute atomic E-state index is 2.48. The van der Waals surface area contributed by atoms with Crippen LogP contribution in [0.1, 0.15) is 37.8 Å². The third kappa shape index (κ3) is 2.03. The first-order valence-corrected chi connectivity index (χ1v) is 9.36. The van der Waals surface area contributed by atoms with Gasteiger partial charge in [-0.05, 0) is 48.2 Å². The topological polar surface area (TPSA) is 0 Å². The lowest BCUT2D eigenvalue weighted by molar-refractivity contribution is 0.420. The van der Waals surface area contributed by atoms with Crippen molar-refractivity contribution >= 4 is 10.0 Å². The highest BCUT2D eigenvalue weighted by atomic mass is 32.3. The van der Waals surface area contributed by atoms with Crippen LogP contribution in [0.25, 0.3) is 0 Å². The Kier molecular flexibility index (Phi) is 3.10. The van der Waals surface area contributed by atoms with Gasteiger partial charge in [0.05, 0.1) is 0 Å². The summed E-state index contributed by atoms with van der Waals surface area (Å²) in [5, 5.41) is 0. The van der Waals surface area contributed by atoms with Crippen molar-refractivity contribution in [2.45, 2.75) is 37.9 Å². The van der Waals surface area contributed by atoms with Crippen molar-refractivity contribution in [3.05, 3.63) is 35.4 Å². The Morgan fingerprint density at radius 2 is 1.71 bits per heavy atom. The van der Waals surface area contributed by atoms with E-state index < -0.39 is 10.0 Å². The van der Waals surface area contributed by atoms with Gasteiger partial charge in [-0.2, -0.15) is 0 Å². The number of hydrogen-bond donors (Lipinski definition) is 0. The molecule has 2 rings (SSSR count). The Labute approximate surface area is 108 Å². The molecule has 0 amide bonds. The second-order valence-corrected chi connectivity index (χ2v) is 11.5. The number of rotatable bonds is 2. The minimum Gasteiger partial charge on any atom is -0.244 e. The summed E-state index contributed by atoms with van der Waals surface area (Å²) in [6.07, 6.45) is 8.64. The van der Waals surface area contributed by atoms with Gasteiger partial charge in [0.25, 0.3) is 0 Å². The molecule has 0 aliphatic heterocycles. The van der Waals surface area contributed by atoms with Crippen molar-refractivity contribution in [3.8, 4) is 0 Å². The minimum atomic E-state index is -0.561. The van der Waals surface area contributed by atoms with E-state index in [1.165, 1.54) is 6.42 Å². The van der Waals surface area contributed by atoms with Gasteiger partial charge in [-0.25, -0.2) is 10.0 Å². The first-order valence-electron chi connectivity index (χ1n) is 6.51. The van der Waals surface area contributed by atoms with Gasteiger partial charge in [-0.15, -0.1) is 0 Å². The van der Waals surface area contributed by atoms with E-state index in [2.05, 4.69) is 63.8 Å². The normalized spacial score (nSPS) is 25.8. The maximum atomic E-state index is 2.48. The largest absolute Gasteiger partial charge is 0.244 e. The lowest BCUT2D eigenvalue weighted by Gasteiger charge is -2.49. The third-order valence-corrected chi connectivity index (χ3v) is 8.24. The van der Waals surface area contributed by atoms with Crippen LogP contribution in [0.4, 0.5) is 0 Å². The second kappa shape index (κ2) is 4.05. The van der Waals surface area contributed by atoms with Crippen LogP contribution in [0.15, 0.2) is 24.3 Å². The van der Waals surface area contributed by atoms with Crippen LogP contribution in [0.2, 0.25) is 0 Å². The number of hydrogen-bond acceptors (Lipinski definition) is 0. The molecule has 0 nitrogen and oxygen atoms in total. The number of fused-ring (bicyclic) bond motifs is 1. The summed E-state index contributed by atoms with van der Waals surface area (Å²) in [5.41, 5.74) is 3.20. The molecule has 0 heterocycles. The van der Waals surface area contributed by atoms with E-state index in [9.17, 15) is 0 Å². The summed E-state index contributed by atoms with van der Waals surface area (Å²) >= 11 is 0. The van der Waals surface area contributed by atoms with Gasteiger partial charge < -0.3 is 0 Å². The maximum Gasteiger partial charge on any atom is 0.00100 e. The van der Waals surface area contributed by atoms with Crippen LogP contribution in [0.5, 0.6) is 0 Å². The summed E-state index contributed by atoms with van der Waals surface area (Å²) in [6.45, 7) is 7.38. The average Bonchev–Trinajstić information content (AvgIpc) is 2.51. The van der Waals surface area contributed by atoms with Crippen molar-refractivity contribution < 1.29 is 0 Å². The lowest BCUT2D eigenvalue weighted by Crippen LogP contribution is -2.36. The van der Waals surface area contributed by atoms with Gasteiger partial charge >= 0.3 is 0 Å². The molecule has 0 aromatic heterocycles. The van der Waals surface area contributed by atoms with Crippen molar-refractivity contribution in [2.75, 3.05) is 18.8 Å². The first kappa shape index (κ1) is 13.0. The van der Waals surface area contributed by atoms with E-state index in [0.717, 1.165) is 11.8 Å². The zero-order chi connectivity index (χ0) is 12.8. The van der Waals surface area contributed by atoms with Crippen LogP contribution < -0.4 is 0 Å².